The highest BCUT2D eigenvalue weighted by molar-refractivity contribution is 6.09. The molecule has 0 spiro atoms. The zero-order valence-corrected chi connectivity index (χ0v) is 25.3. The van der Waals surface area contributed by atoms with Crippen LogP contribution in [0.4, 0.5) is 0 Å². The Hall–Kier alpha value is -6.46. The van der Waals surface area contributed by atoms with Gasteiger partial charge in [-0.3, -0.25) is 4.40 Å². The second-order valence-electron chi connectivity index (χ2n) is 11.6. The van der Waals surface area contributed by atoms with Crippen molar-refractivity contribution in [2.24, 2.45) is 0 Å². The first-order valence-electron chi connectivity index (χ1n) is 15.7. The van der Waals surface area contributed by atoms with Crippen LogP contribution in [0.1, 0.15) is 0 Å². The monoisotopic (exact) mass is 601 g/mol. The van der Waals surface area contributed by atoms with Gasteiger partial charge in [0, 0.05) is 33.8 Å². The number of nitrogens with zero attached hydrogens (tertiary/aromatic N) is 5. The zero-order chi connectivity index (χ0) is 31.2. The number of hydrogen-bond donors (Lipinski definition) is 0. The fourth-order valence-corrected chi connectivity index (χ4v) is 6.33. The van der Waals surface area contributed by atoms with Gasteiger partial charge in [0.2, 0.25) is 0 Å². The molecule has 0 amide bonds. The van der Waals surface area contributed by atoms with E-state index < -0.39 is 0 Å². The molecule has 0 N–H and O–H groups in total. The van der Waals surface area contributed by atoms with Crippen LogP contribution in [0, 0.1) is 0 Å². The number of aromatic nitrogens is 5. The average Bonchev–Trinajstić information content (AvgIpc) is 3.55. The van der Waals surface area contributed by atoms with E-state index in [1.807, 2.05) is 66.7 Å². The third-order valence-electron chi connectivity index (χ3n) is 8.60. The number of pyridine rings is 2. The van der Waals surface area contributed by atoms with Gasteiger partial charge < -0.3 is 0 Å². The van der Waals surface area contributed by atoms with Gasteiger partial charge in [0.1, 0.15) is 11.2 Å². The van der Waals surface area contributed by atoms with E-state index in [1.165, 1.54) is 0 Å². The molecule has 9 aromatic rings. The molecule has 0 saturated carbocycles. The van der Waals surface area contributed by atoms with Gasteiger partial charge in [-0.15, -0.1) is 0 Å². The van der Waals surface area contributed by atoms with Gasteiger partial charge in [0.05, 0.1) is 28.1 Å². The summed E-state index contributed by atoms with van der Waals surface area (Å²) >= 11 is 0. The SMILES string of the molecule is c1ccc(-c2cc(-c3ccccc3)nc(-c3cccc(-c4cccc(-c5nc6ccccc6c6nc7ccccn7c56)c4)c3)n2)cc1. The topological polar surface area (TPSA) is 56.0 Å². The largest absolute Gasteiger partial charge is 0.298 e. The lowest BCUT2D eigenvalue weighted by Crippen LogP contribution is -1.96. The van der Waals surface area contributed by atoms with Gasteiger partial charge >= 0.3 is 0 Å². The maximum atomic E-state index is 5.19. The van der Waals surface area contributed by atoms with Gasteiger partial charge in [-0.25, -0.2) is 19.9 Å². The highest BCUT2D eigenvalue weighted by Crippen LogP contribution is 2.35. The van der Waals surface area contributed by atoms with Crippen molar-refractivity contribution < 1.29 is 0 Å². The van der Waals surface area contributed by atoms with Crippen molar-refractivity contribution in [3.63, 3.8) is 0 Å². The summed E-state index contributed by atoms with van der Waals surface area (Å²) in [4.78, 5) is 20.3. The molecule has 0 saturated heterocycles. The molecule has 0 radical (unpaired) electrons. The van der Waals surface area contributed by atoms with E-state index in [0.29, 0.717) is 5.82 Å². The summed E-state index contributed by atoms with van der Waals surface area (Å²) in [5.41, 5.74) is 12.7. The summed E-state index contributed by atoms with van der Waals surface area (Å²) in [7, 11) is 0. The number of hydrogen-bond acceptors (Lipinski definition) is 4. The van der Waals surface area contributed by atoms with Crippen LogP contribution in [0.25, 0.3) is 83.9 Å². The second-order valence-corrected chi connectivity index (χ2v) is 11.6. The molecule has 9 rings (SSSR count). The first kappa shape index (κ1) is 26.9. The Labute approximate surface area is 271 Å². The standard InChI is InChI=1S/C42H27N5/c1-3-13-28(14-4-1)36-27-37(29-15-5-2-6-16-29)45-42(44-36)33-20-12-18-31(26-33)30-17-11-19-32(25-30)39-41-40(34-21-7-8-22-35(34)43-39)46-38-23-9-10-24-47(38)41/h1-27H. The molecule has 220 valence electrons. The molecule has 4 aromatic heterocycles. The summed E-state index contributed by atoms with van der Waals surface area (Å²) < 4.78 is 2.14. The van der Waals surface area contributed by atoms with Crippen molar-refractivity contribution in [1.29, 1.82) is 0 Å². The summed E-state index contributed by atoms with van der Waals surface area (Å²) in [6.07, 6.45) is 2.06. The molecule has 47 heavy (non-hydrogen) atoms. The van der Waals surface area contributed by atoms with Crippen LogP contribution in [0.3, 0.4) is 0 Å². The minimum atomic E-state index is 0.687. The normalized spacial score (nSPS) is 11.4. The van der Waals surface area contributed by atoms with E-state index in [-0.39, 0.29) is 0 Å². The van der Waals surface area contributed by atoms with Gasteiger partial charge in [0.15, 0.2) is 5.82 Å². The smallest absolute Gasteiger partial charge is 0.160 e. The predicted octanol–water partition coefficient (Wildman–Crippen LogP) is 10.2. The summed E-state index contributed by atoms with van der Waals surface area (Å²) in [5.74, 6) is 0.687. The van der Waals surface area contributed by atoms with E-state index in [1.54, 1.807) is 0 Å². The lowest BCUT2D eigenvalue weighted by Gasteiger charge is -2.11. The Balaban J connectivity index is 1.18. The van der Waals surface area contributed by atoms with Gasteiger partial charge in [-0.2, -0.15) is 0 Å². The van der Waals surface area contributed by atoms with Gasteiger partial charge in [-0.05, 0) is 47.5 Å². The minimum absolute atomic E-state index is 0.687. The van der Waals surface area contributed by atoms with Crippen molar-refractivity contribution in [3.05, 3.63) is 164 Å². The first-order valence-corrected chi connectivity index (χ1v) is 15.7. The highest BCUT2D eigenvalue weighted by Gasteiger charge is 2.17. The molecule has 5 aromatic carbocycles. The number of fused-ring (bicyclic) bond motifs is 5. The van der Waals surface area contributed by atoms with Crippen LogP contribution in [0.15, 0.2) is 164 Å². The Morgan fingerprint density at radius 1 is 0.404 bits per heavy atom. The number of imidazole rings is 1. The number of para-hydroxylation sites is 1. The van der Waals surface area contributed by atoms with Gasteiger partial charge in [-0.1, -0.05) is 121 Å². The lowest BCUT2D eigenvalue weighted by atomic mass is 9.98. The van der Waals surface area contributed by atoms with E-state index in [0.717, 1.165) is 78.0 Å². The number of rotatable bonds is 5. The highest BCUT2D eigenvalue weighted by atomic mass is 15.0. The Bertz CT molecular complexity index is 2510. The van der Waals surface area contributed by atoms with E-state index in [9.17, 15) is 0 Å². The van der Waals surface area contributed by atoms with E-state index in [4.69, 9.17) is 19.9 Å². The van der Waals surface area contributed by atoms with Crippen molar-refractivity contribution in [3.8, 4) is 56.3 Å². The Kier molecular flexibility index (Phi) is 6.39. The van der Waals surface area contributed by atoms with Crippen LogP contribution >= 0.6 is 0 Å². The van der Waals surface area contributed by atoms with Crippen LogP contribution in [0.5, 0.6) is 0 Å². The van der Waals surface area contributed by atoms with Gasteiger partial charge in [0.25, 0.3) is 0 Å². The third kappa shape index (κ3) is 4.82. The fraction of sp³-hybridized carbons (Fsp3) is 0. The molecule has 5 heteroatoms. The minimum Gasteiger partial charge on any atom is -0.298 e. The average molecular weight is 602 g/mol. The molecule has 0 aliphatic carbocycles. The molecular weight excluding hydrogens is 574 g/mol. The maximum Gasteiger partial charge on any atom is 0.160 e. The lowest BCUT2D eigenvalue weighted by molar-refractivity contribution is 1.18. The van der Waals surface area contributed by atoms with Crippen LogP contribution < -0.4 is 0 Å². The fourth-order valence-electron chi connectivity index (χ4n) is 6.33. The first-order chi connectivity index (χ1) is 23.3. The zero-order valence-electron chi connectivity index (χ0n) is 25.3. The van der Waals surface area contributed by atoms with E-state index >= 15 is 0 Å². The molecule has 5 nitrogen and oxygen atoms in total. The van der Waals surface area contributed by atoms with Crippen LogP contribution in [-0.2, 0) is 0 Å². The quantitative estimate of drug-likeness (QED) is 0.197. The van der Waals surface area contributed by atoms with Crippen molar-refractivity contribution in [2.45, 2.75) is 0 Å². The summed E-state index contributed by atoms with van der Waals surface area (Å²) in [6, 6.07) is 54.0. The van der Waals surface area contributed by atoms with Crippen LogP contribution in [-0.4, -0.2) is 24.3 Å². The Morgan fingerprint density at radius 2 is 0.979 bits per heavy atom. The molecule has 0 fully saturated rings. The molecular formula is C42H27N5. The van der Waals surface area contributed by atoms with Crippen molar-refractivity contribution in [1.82, 2.24) is 24.3 Å². The predicted molar refractivity (Wildman–Crippen MR) is 191 cm³/mol. The van der Waals surface area contributed by atoms with Crippen molar-refractivity contribution >= 4 is 27.6 Å². The molecule has 0 atom stereocenters. The molecule has 0 bridgehead atoms. The molecule has 0 unspecified atom stereocenters. The summed E-state index contributed by atoms with van der Waals surface area (Å²) in [5, 5.41) is 1.05. The molecule has 0 aliphatic heterocycles. The summed E-state index contributed by atoms with van der Waals surface area (Å²) in [6.45, 7) is 0. The Morgan fingerprint density at radius 3 is 1.70 bits per heavy atom. The molecule has 4 heterocycles. The number of benzene rings is 5. The van der Waals surface area contributed by atoms with Crippen molar-refractivity contribution in [2.75, 3.05) is 0 Å². The molecule has 0 aliphatic rings. The second kappa shape index (κ2) is 11.2. The van der Waals surface area contributed by atoms with E-state index in [2.05, 4.69) is 102 Å². The van der Waals surface area contributed by atoms with Crippen LogP contribution in [0.2, 0.25) is 0 Å². The third-order valence-corrected chi connectivity index (χ3v) is 8.60. The maximum absolute atomic E-state index is 5.19.